The molecule has 3 heterocycles. The molecule has 2 aromatic carbocycles. The molecule has 5 rings (SSSR count). The quantitative estimate of drug-likeness (QED) is 0.616. The number of aromatic carboxylic acids is 1. The van der Waals surface area contributed by atoms with Crippen molar-refractivity contribution in [1.82, 2.24) is 14.9 Å². The Bertz CT molecular complexity index is 1140. The number of hydrogen-bond acceptors (Lipinski definition) is 5. The summed E-state index contributed by atoms with van der Waals surface area (Å²) in [5, 5.41) is 12.2. The minimum atomic E-state index is -1.11. The number of nitrogens with one attached hydrogen (secondary N) is 2. The maximum Gasteiger partial charge on any atom is 0.337 e. The molecule has 152 valence electrons. The van der Waals surface area contributed by atoms with Gasteiger partial charge in [0.2, 0.25) is 6.79 Å². The highest BCUT2D eigenvalue weighted by atomic mass is 16.7. The van der Waals surface area contributed by atoms with Crippen molar-refractivity contribution in [3.8, 4) is 11.5 Å². The predicted octanol–water partition coefficient (Wildman–Crippen LogP) is 3.02. The van der Waals surface area contributed by atoms with Crippen LogP contribution in [0.5, 0.6) is 11.5 Å². The standard InChI is InChI=1S/C21H18N4O5/c26-20(27)13-3-1-2-4-14(13)24-21(28)25-8-7-15-18(23-10-22-15)19(25)12-5-6-16-17(9-12)30-11-29-16/h1-6,9-10,19H,7-8,11H2,(H,22,23)(H,24,28)(H,26,27). The Balaban J connectivity index is 1.51. The molecule has 0 bridgehead atoms. The van der Waals surface area contributed by atoms with Crippen LogP contribution < -0.4 is 14.8 Å². The van der Waals surface area contributed by atoms with E-state index in [1.54, 1.807) is 29.4 Å². The number of fused-ring (bicyclic) bond motifs is 2. The van der Waals surface area contributed by atoms with Gasteiger partial charge in [-0.05, 0) is 29.8 Å². The van der Waals surface area contributed by atoms with Gasteiger partial charge in [-0.2, -0.15) is 0 Å². The molecule has 1 atom stereocenters. The van der Waals surface area contributed by atoms with Crippen LogP contribution in [0.1, 0.15) is 33.4 Å². The number of hydrogen-bond donors (Lipinski definition) is 3. The lowest BCUT2D eigenvalue weighted by Gasteiger charge is -2.35. The molecule has 0 fully saturated rings. The smallest absolute Gasteiger partial charge is 0.337 e. The maximum absolute atomic E-state index is 13.2. The summed E-state index contributed by atoms with van der Waals surface area (Å²) in [7, 11) is 0. The summed E-state index contributed by atoms with van der Waals surface area (Å²) < 4.78 is 10.9. The zero-order chi connectivity index (χ0) is 20.7. The van der Waals surface area contributed by atoms with Gasteiger partial charge in [-0.3, -0.25) is 0 Å². The van der Waals surface area contributed by atoms with Gasteiger partial charge in [0, 0.05) is 18.7 Å². The van der Waals surface area contributed by atoms with E-state index in [2.05, 4.69) is 15.3 Å². The highest BCUT2D eigenvalue weighted by molar-refractivity contribution is 6.00. The maximum atomic E-state index is 13.2. The fraction of sp³-hybridized carbons (Fsp3) is 0.190. The molecule has 0 saturated carbocycles. The van der Waals surface area contributed by atoms with Crippen molar-refractivity contribution in [1.29, 1.82) is 0 Å². The van der Waals surface area contributed by atoms with E-state index in [-0.39, 0.29) is 18.0 Å². The lowest BCUT2D eigenvalue weighted by Crippen LogP contribution is -2.43. The zero-order valence-electron chi connectivity index (χ0n) is 15.8. The third-order valence-electron chi connectivity index (χ3n) is 5.30. The highest BCUT2D eigenvalue weighted by Gasteiger charge is 2.35. The second kappa shape index (κ2) is 7.11. The van der Waals surface area contributed by atoms with Crippen LogP contribution in [0.3, 0.4) is 0 Å². The number of rotatable bonds is 3. The molecule has 0 radical (unpaired) electrons. The SMILES string of the molecule is O=C(O)c1ccccc1NC(=O)N1CCc2[nH]cnc2C1c1ccc2c(c1)OCO2. The Kier molecular flexibility index (Phi) is 4.27. The Hall–Kier alpha value is -4.01. The van der Waals surface area contributed by atoms with Crippen LogP contribution in [0, 0.1) is 0 Å². The molecule has 0 aliphatic carbocycles. The number of imidazole rings is 1. The molecule has 3 aromatic rings. The number of carboxylic acid groups (broad SMARTS) is 1. The summed E-state index contributed by atoms with van der Waals surface area (Å²) in [5.41, 5.74) is 2.82. The number of carbonyl (C=O) groups is 2. The number of aromatic amines is 1. The van der Waals surface area contributed by atoms with Crippen LogP contribution in [0.15, 0.2) is 48.8 Å². The van der Waals surface area contributed by atoms with Crippen LogP contribution in [0.2, 0.25) is 0 Å². The monoisotopic (exact) mass is 406 g/mol. The molecule has 9 heteroatoms. The summed E-state index contributed by atoms with van der Waals surface area (Å²) >= 11 is 0. The van der Waals surface area contributed by atoms with Gasteiger partial charge in [0.15, 0.2) is 11.5 Å². The van der Waals surface area contributed by atoms with E-state index in [1.165, 1.54) is 6.07 Å². The Labute approximate surface area is 171 Å². The van der Waals surface area contributed by atoms with Crippen molar-refractivity contribution in [2.75, 3.05) is 18.7 Å². The van der Waals surface area contributed by atoms with Gasteiger partial charge in [0.05, 0.1) is 23.3 Å². The predicted molar refractivity (Wildman–Crippen MR) is 106 cm³/mol. The first kappa shape index (κ1) is 18.0. The first-order valence-electron chi connectivity index (χ1n) is 9.43. The average molecular weight is 406 g/mol. The number of urea groups is 1. The lowest BCUT2D eigenvalue weighted by molar-refractivity contribution is 0.0698. The largest absolute Gasteiger partial charge is 0.478 e. The summed E-state index contributed by atoms with van der Waals surface area (Å²) in [6.45, 7) is 0.600. The fourth-order valence-corrected chi connectivity index (χ4v) is 3.88. The molecule has 0 saturated heterocycles. The lowest BCUT2D eigenvalue weighted by atomic mass is 9.95. The first-order chi connectivity index (χ1) is 14.6. The normalized spacial score (nSPS) is 16.8. The van der Waals surface area contributed by atoms with E-state index >= 15 is 0 Å². The number of carbonyl (C=O) groups excluding carboxylic acids is 1. The topological polar surface area (TPSA) is 117 Å². The number of aromatic nitrogens is 2. The molecule has 1 unspecified atom stereocenters. The van der Waals surface area contributed by atoms with Crippen LogP contribution in [-0.4, -0.2) is 45.3 Å². The minimum absolute atomic E-state index is 0.0305. The van der Waals surface area contributed by atoms with Crippen molar-refractivity contribution < 1.29 is 24.2 Å². The second-order valence-electron chi connectivity index (χ2n) is 7.01. The number of carboxylic acids is 1. The van der Waals surface area contributed by atoms with Crippen molar-refractivity contribution in [2.45, 2.75) is 12.5 Å². The number of anilines is 1. The van der Waals surface area contributed by atoms with Gasteiger partial charge in [0.1, 0.15) is 6.04 Å². The Morgan fingerprint density at radius 3 is 2.87 bits per heavy atom. The fourth-order valence-electron chi connectivity index (χ4n) is 3.88. The number of nitrogens with zero attached hydrogens (tertiary/aromatic N) is 2. The Morgan fingerprint density at radius 1 is 1.17 bits per heavy atom. The van der Waals surface area contributed by atoms with Crippen LogP contribution in [0.4, 0.5) is 10.5 Å². The molecule has 2 amide bonds. The van der Waals surface area contributed by atoms with Gasteiger partial charge in [-0.15, -0.1) is 0 Å². The third kappa shape index (κ3) is 3.00. The Morgan fingerprint density at radius 2 is 2.00 bits per heavy atom. The number of H-pyrrole nitrogens is 1. The number of amides is 2. The molecule has 0 spiro atoms. The van der Waals surface area contributed by atoms with E-state index in [0.29, 0.717) is 24.5 Å². The van der Waals surface area contributed by atoms with Crippen molar-refractivity contribution in [3.63, 3.8) is 0 Å². The number of benzene rings is 2. The van der Waals surface area contributed by atoms with E-state index in [1.807, 2.05) is 18.2 Å². The van der Waals surface area contributed by atoms with Crippen LogP contribution in [0.25, 0.3) is 0 Å². The molecular formula is C21H18N4O5. The summed E-state index contributed by atoms with van der Waals surface area (Å²) in [6, 6.07) is 11.0. The zero-order valence-corrected chi connectivity index (χ0v) is 15.8. The van der Waals surface area contributed by atoms with Crippen molar-refractivity contribution >= 4 is 17.7 Å². The van der Waals surface area contributed by atoms with Gasteiger partial charge in [0.25, 0.3) is 0 Å². The van der Waals surface area contributed by atoms with Gasteiger partial charge in [-0.25, -0.2) is 14.6 Å². The van der Waals surface area contributed by atoms with E-state index < -0.39 is 18.0 Å². The van der Waals surface area contributed by atoms with Crippen molar-refractivity contribution in [3.05, 3.63) is 71.3 Å². The molecule has 9 nitrogen and oxygen atoms in total. The number of ether oxygens (including phenoxy) is 2. The molecule has 2 aliphatic heterocycles. The summed E-state index contributed by atoms with van der Waals surface area (Å²) in [6.07, 6.45) is 2.23. The molecule has 2 aliphatic rings. The van der Waals surface area contributed by atoms with Crippen LogP contribution >= 0.6 is 0 Å². The van der Waals surface area contributed by atoms with Gasteiger partial charge in [-0.1, -0.05) is 18.2 Å². The summed E-state index contributed by atoms with van der Waals surface area (Å²) in [5.74, 6) is 0.168. The molecule has 1 aromatic heterocycles. The molecular weight excluding hydrogens is 388 g/mol. The van der Waals surface area contributed by atoms with E-state index in [4.69, 9.17) is 9.47 Å². The average Bonchev–Trinajstić information content (AvgIpc) is 3.41. The van der Waals surface area contributed by atoms with Crippen LogP contribution in [-0.2, 0) is 6.42 Å². The summed E-state index contributed by atoms with van der Waals surface area (Å²) in [4.78, 5) is 34.0. The third-order valence-corrected chi connectivity index (χ3v) is 5.30. The van der Waals surface area contributed by atoms with E-state index in [0.717, 1.165) is 17.0 Å². The van der Waals surface area contributed by atoms with E-state index in [9.17, 15) is 14.7 Å². The second-order valence-corrected chi connectivity index (χ2v) is 7.01. The molecule has 30 heavy (non-hydrogen) atoms. The first-order valence-corrected chi connectivity index (χ1v) is 9.43. The van der Waals surface area contributed by atoms with Crippen molar-refractivity contribution in [2.24, 2.45) is 0 Å². The van der Waals surface area contributed by atoms with Gasteiger partial charge >= 0.3 is 12.0 Å². The highest BCUT2D eigenvalue weighted by Crippen LogP contribution is 2.39. The minimum Gasteiger partial charge on any atom is -0.478 e. The molecule has 3 N–H and O–H groups in total. The number of para-hydroxylation sites is 1. The van der Waals surface area contributed by atoms with Gasteiger partial charge < -0.3 is 29.8 Å².